The number of hydrogen-bond acceptors (Lipinski definition) is 1. The first-order valence-electron chi connectivity index (χ1n) is 12.0. The van der Waals surface area contributed by atoms with Crippen LogP contribution in [0, 0.1) is 17.8 Å². The standard InChI is InChI=1S/C29H45N/c1-20(2)14-24(9)27-12-13-29(30(18-21(3)4)19-22(5)6)28(17-27)16-25-10-11-26(15-25)23(7)8/h11-13,15,17,21-24H,1,10,14,16,18-19H2,2-9H3/t24-/m1/s1. The summed E-state index contributed by atoms with van der Waals surface area (Å²) < 4.78 is 0. The minimum Gasteiger partial charge on any atom is -0.371 e. The maximum absolute atomic E-state index is 4.14. The van der Waals surface area contributed by atoms with Crippen molar-refractivity contribution in [1.82, 2.24) is 0 Å². The molecule has 1 heteroatoms. The molecule has 0 bridgehead atoms. The van der Waals surface area contributed by atoms with Crippen molar-refractivity contribution in [3.05, 3.63) is 64.8 Å². The lowest BCUT2D eigenvalue weighted by molar-refractivity contribution is 0.551. The van der Waals surface area contributed by atoms with E-state index in [1.165, 1.54) is 28.0 Å². The zero-order valence-corrected chi connectivity index (χ0v) is 20.9. The highest BCUT2D eigenvalue weighted by atomic mass is 15.1. The Morgan fingerprint density at radius 2 is 1.63 bits per heavy atom. The fourth-order valence-corrected chi connectivity index (χ4v) is 4.53. The van der Waals surface area contributed by atoms with Crippen molar-refractivity contribution in [2.45, 2.75) is 80.6 Å². The van der Waals surface area contributed by atoms with Crippen LogP contribution in [0.25, 0.3) is 0 Å². The largest absolute Gasteiger partial charge is 0.371 e. The summed E-state index contributed by atoms with van der Waals surface area (Å²) in [6, 6.07) is 7.25. The molecule has 1 nitrogen and oxygen atoms in total. The number of anilines is 1. The number of nitrogens with zero attached hydrogens (tertiary/aromatic N) is 1. The number of rotatable bonds is 11. The first kappa shape index (κ1) is 24.5. The van der Waals surface area contributed by atoms with Gasteiger partial charge in [-0.15, -0.1) is 6.58 Å². The van der Waals surface area contributed by atoms with Crippen LogP contribution in [0.5, 0.6) is 0 Å². The van der Waals surface area contributed by atoms with Crippen molar-refractivity contribution in [3.63, 3.8) is 0 Å². The van der Waals surface area contributed by atoms with Crippen LogP contribution in [0.1, 0.15) is 85.3 Å². The molecule has 0 aromatic heterocycles. The summed E-state index contributed by atoms with van der Waals surface area (Å²) in [7, 11) is 0. The monoisotopic (exact) mass is 407 g/mol. The molecule has 1 aromatic carbocycles. The molecule has 1 aromatic rings. The predicted octanol–water partition coefficient (Wildman–Crippen LogP) is 8.33. The molecule has 0 heterocycles. The number of benzene rings is 1. The van der Waals surface area contributed by atoms with E-state index >= 15 is 0 Å². The van der Waals surface area contributed by atoms with Crippen LogP contribution in [-0.4, -0.2) is 13.1 Å². The van der Waals surface area contributed by atoms with E-state index in [1.54, 1.807) is 5.57 Å². The molecule has 0 radical (unpaired) electrons. The van der Waals surface area contributed by atoms with E-state index in [-0.39, 0.29) is 0 Å². The SMILES string of the molecule is C=C(C)C[C@@H](C)c1ccc(N(CC(C)C)CC(C)C)c(CC2=CC(C(C)C)=CC2)c1. The molecule has 30 heavy (non-hydrogen) atoms. The van der Waals surface area contributed by atoms with E-state index in [4.69, 9.17) is 0 Å². The zero-order chi connectivity index (χ0) is 22.4. The number of allylic oxidation sites excluding steroid dienone is 5. The molecule has 0 amide bonds. The Hall–Kier alpha value is -1.76. The first-order chi connectivity index (χ1) is 14.1. The molecule has 1 atom stereocenters. The van der Waals surface area contributed by atoms with Crippen molar-refractivity contribution >= 4 is 5.69 Å². The molecule has 0 N–H and O–H groups in total. The Bertz CT molecular complexity index is 766. The Morgan fingerprint density at radius 1 is 1.00 bits per heavy atom. The summed E-state index contributed by atoms with van der Waals surface area (Å²) >= 11 is 0. The lowest BCUT2D eigenvalue weighted by Gasteiger charge is -2.31. The van der Waals surface area contributed by atoms with E-state index in [0.29, 0.717) is 23.7 Å². The van der Waals surface area contributed by atoms with E-state index in [2.05, 4.69) is 97.2 Å². The average molecular weight is 408 g/mol. The van der Waals surface area contributed by atoms with Gasteiger partial charge in [0.2, 0.25) is 0 Å². The van der Waals surface area contributed by atoms with E-state index in [9.17, 15) is 0 Å². The molecule has 0 aliphatic heterocycles. The zero-order valence-electron chi connectivity index (χ0n) is 20.9. The summed E-state index contributed by atoms with van der Waals surface area (Å²) in [6.45, 7) is 24.7. The van der Waals surface area contributed by atoms with Gasteiger partial charge in [-0.05, 0) is 72.6 Å². The van der Waals surface area contributed by atoms with Crippen LogP contribution in [0.15, 0.2) is 53.6 Å². The van der Waals surface area contributed by atoms with E-state index in [0.717, 1.165) is 32.4 Å². The Balaban J connectivity index is 2.41. The Kier molecular flexibility index (Phi) is 9.01. The molecular weight excluding hydrogens is 362 g/mol. The summed E-state index contributed by atoms with van der Waals surface area (Å²) in [5, 5.41) is 0. The third-order valence-electron chi connectivity index (χ3n) is 5.89. The first-order valence-corrected chi connectivity index (χ1v) is 12.0. The highest BCUT2D eigenvalue weighted by Gasteiger charge is 2.19. The van der Waals surface area contributed by atoms with Crippen LogP contribution in [-0.2, 0) is 6.42 Å². The molecule has 1 aliphatic rings. The third-order valence-corrected chi connectivity index (χ3v) is 5.89. The Labute approximate surface area is 187 Å². The van der Waals surface area contributed by atoms with E-state index < -0.39 is 0 Å². The normalized spacial score (nSPS) is 15.0. The van der Waals surface area contributed by atoms with Gasteiger partial charge in [0.25, 0.3) is 0 Å². The smallest absolute Gasteiger partial charge is 0.0402 e. The molecule has 0 unspecified atom stereocenters. The lowest BCUT2D eigenvalue weighted by Crippen LogP contribution is -2.32. The van der Waals surface area contributed by atoms with Crippen molar-refractivity contribution in [3.8, 4) is 0 Å². The predicted molar refractivity (Wildman–Crippen MR) is 136 cm³/mol. The van der Waals surface area contributed by atoms with Gasteiger partial charge >= 0.3 is 0 Å². The minimum atomic E-state index is 0.515. The van der Waals surface area contributed by atoms with Crippen molar-refractivity contribution in [2.75, 3.05) is 18.0 Å². The van der Waals surface area contributed by atoms with Crippen LogP contribution in [0.2, 0.25) is 0 Å². The Morgan fingerprint density at radius 3 is 2.13 bits per heavy atom. The molecule has 0 fully saturated rings. The average Bonchev–Trinajstić information content (AvgIpc) is 3.08. The van der Waals surface area contributed by atoms with Crippen molar-refractivity contribution < 1.29 is 0 Å². The van der Waals surface area contributed by atoms with Gasteiger partial charge in [0.15, 0.2) is 0 Å². The van der Waals surface area contributed by atoms with Gasteiger partial charge in [-0.25, -0.2) is 0 Å². The van der Waals surface area contributed by atoms with Gasteiger partial charge < -0.3 is 4.90 Å². The molecule has 166 valence electrons. The highest BCUT2D eigenvalue weighted by molar-refractivity contribution is 5.57. The van der Waals surface area contributed by atoms with Crippen LogP contribution < -0.4 is 4.90 Å². The van der Waals surface area contributed by atoms with E-state index in [1.807, 2.05) is 0 Å². The second-order valence-corrected chi connectivity index (χ2v) is 10.7. The molecule has 0 saturated heterocycles. The lowest BCUT2D eigenvalue weighted by atomic mass is 9.90. The summed E-state index contributed by atoms with van der Waals surface area (Å²) in [5.74, 6) is 2.43. The summed E-state index contributed by atoms with van der Waals surface area (Å²) in [6.07, 6.45) is 8.10. The van der Waals surface area contributed by atoms with Gasteiger partial charge in [-0.1, -0.05) is 83.9 Å². The quantitative estimate of drug-likeness (QED) is 0.333. The van der Waals surface area contributed by atoms with Gasteiger partial charge in [0.05, 0.1) is 0 Å². The molecular formula is C29H45N. The highest BCUT2D eigenvalue weighted by Crippen LogP contribution is 2.33. The molecule has 0 spiro atoms. The van der Waals surface area contributed by atoms with Gasteiger partial charge in [-0.3, -0.25) is 0 Å². The van der Waals surface area contributed by atoms with Crippen LogP contribution in [0.4, 0.5) is 5.69 Å². The molecule has 2 rings (SSSR count). The van der Waals surface area contributed by atoms with Crippen LogP contribution >= 0.6 is 0 Å². The third kappa shape index (κ3) is 7.18. The minimum absolute atomic E-state index is 0.515. The summed E-state index contributed by atoms with van der Waals surface area (Å²) in [5.41, 5.74) is 8.69. The van der Waals surface area contributed by atoms with Gasteiger partial charge in [-0.2, -0.15) is 0 Å². The second-order valence-electron chi connectivity index (χ2n) is 10.7. The summed E-state index contributed by atoms with van der Waals surface area (Å²) in [4.78, 5) is 2.63. The maximum atomic E-state index is 4.14. The maximum Gasteiger partial charge on any atom is 0.0402 e. The fraction of sp³-hybridized carbons (Fsp3) is 0.586. The van der Waals surface area contributed by atoms with Gasteiger partial charge in [0, 0.05) is 18.8 Å². The fourth-order valence-electron chi connectivity index (χ4n) is 4.53. The topological polar surface area (TPSA) is 3.24 Å². The van der Waals surface area contributed by atoms with Gasteiger partial charge in [0.1, 0.15) is 0 Å². The van der Waals surface area contributed by atoms with Crippen molar-refractivity contribution in [1.29, 1.82) is 0 Å². The van der Waals surface area contributed by atoms with Crippen LogP contribution in [0.3, 0.4) is 0 Å². The molecule has 1 aliphatic carbocycles. The molecule has 0 saturated carbocycles. The number of hydrogen-bond donors (Lipinski definition) is 0. The van der Waals surface area contributed by atoms with Crippen molar-refractivity contribution in [2.24, 2.45) is 17.8 Å². The second kappa shape index (κ2) is 11.0.